The molecular formula is C39H41N5O4S. The summed E-state index contributed by atoms with van der Waals surface area (Å²) in [5.41, 5.74) is 9.08. The third-order valence-electron chi connectivity index (χ3n) is 9.68. The van der Waals surface area contributed by atoms with Gasteiger partial charge in [0.05, 0.1) is 4.90 Å². The Morgan fingerprint density at radius 2 is 1.67 bits per heavy atom. The van der Waals surface area contributed by atoms with Crippen molar-refractivity contribution in [3.8, 4) is 22.3 Å². The van der Waals surface area contributed by atoms with Crippen molar-refractivity contribution in [2.24, 2.45) is 5.92 Å². The minimum absolute atomic E-state index is 0.107. The maximum absolute atomic E-state index is 14.0. The molecule has 3 aromatic carbocycles. The number of aryl methyl sites for hydroxylation is 2. The van der Waals surface area contributed by atoms with Crippen molar-refractivity contribution in [3.63, 3.8) is 0 Å². The van der Waals surface area contributed by atoms with E-state index < -0.39 is 10.0 Å². The van der Waals surface area contributed by atoms with Gasteiger partial charge in [-0.3, -0.25) is 14.5 Å². The summed E-state index contributed by atoms with van der Waals surface area (Å²) in [6.07, 6.45) is 6.35. The molecule has 0 unspecified atom stereocenters. The second-order valence-electron chi connectivity index (χ2n) is 13.6. The predicted octanol–water partition coefficient (Wildman–Crippen LogP) is 5.81. The number of hydrogen-bond acceptors (Lipinski definition) is 6. The number of rotatable bonds is 9. The summed E-state index contributed by atoms with van der Waals surface area (Å²) in [7, 11) is -0.536. The molecule has 1 N–H and O–H groups in total. The van der Waals surface area contributed by atoms with Crippen LogP contribution >= 0.6 is 0 Å². The van der Waals surface area contributed by atoms with Gasteiger partial charge >= 0.3 is 0 Å². The number of aromatic nitrogens is 2. The molecule has 1 fully saturated rings. The third kappa shape index (κ3) is 6.50. The Labute approximate surface area is 287 Å². The van der Waals surface area contributed by atoms with Crippen LogP contribution in [0.5, 0.6) is 0 Å². The maximum atomic E-state index is 14.0. The van der Waals surface area contributed by atoms with Crippen molar-refractivity contribution in [2.75, 3.05) is 33.7 Å². The fourth-order valence-corrected chi connectivity index (χ4v) is 8.01. The number of benzene rings is 3. The van der Waals surface area contributed by atoms with Crippen LogP contribution in [-0.2, 0) is 27.8 Å². The van der Waals surface area contributed by atoms with Crippen molar-refractivity contribution >= 4 is 32.9 Å². The molecule has 49 heavy (non-hydrogen) atoms. The van der Waals surface area contributed by atoms with E-state index in [2.05, 4.69) is 29.3 Å². The zero-order chi connectivity index (χ0) is 34.4. The van der Waals surface area contributed by atoms with Gasteiger partial charge in [-0.25, -0.2) is 17.4 Å². The minimum atomic E-state index is -3.96. The first-order valence-electron chi connectivity index (χ1n) is 16.8. The molecule has 1 aliphatic carbocycles. The zero-order valence-corrected chi connectivity index (χ0v) is 29.2. The van der Waals surface area contributed by atoms with E-state index in [1.165, 1.54) is 25.6 Å². The van der Waals surface area contributed by atoms with Crippen LogP contribution in [0, 0.1) is 19.8 Å². The standard InChI is InChI=1S/C39H41N5O4S/c1-25-5-13-33(14-6-25)49(47,48)44-24-36(27-7-11-29(12-8-27)39(46)42(3)4)35-21-31(22-41-37(35)44)30-19-26(2)34-15-17-43(23-32(34)20-30)18-16-40-38(45)28-9-10-28/h5-8,11-14,19-22,24,28H,9-10,15-18,23H2,1-4H3,(H,40,45). The van der Waals surface area contributed by atoms with E-state index in [1.807, 2.05) is 25.1 Å². The molecule has 1 aliphatic heterocycles. The smallest absolute Gasteiger partial charge is 0.269 e. The zero-order valence-electron chi connectivity index (χ0n) is 28.4. The van der Waals surface area contributed by atoms with E-state index >= 15 is 0 Å². The lowest BCUT2D eigenvalue weighted by Gasteiger charge is -2.30. The van der Waals surface area contributed by atoms with E-state index in [-0.39, 0.29) is 22.6 Å². The molecule has 5 aromatic rings. The Morgan fingerprint density at radius 1 is 0.939 bits per heavy atom. The van der Waals surface area contributed by atoms with Crippen LogP contribution in [0.2, 0.25) is 0 Å². The Bertz CT molecular complexity index is 2180. The van der Waals surface area contributed by atoms with Crippen LogP contribution in [0.1, 0.15) is 45.5 Å². The van der Waals surface area contributed by atoms with Crippen LogP contribution < -0.4 is 5.32 Å². The molecule has 1 saturated carbocycles. The Hall–Kier alpha value is -4.80. The number of fused-ring (bicyclic) bond motifs is 2. The number of nitrogens with zero attached hydrogens (tertiary/aromatic N) is 4. The maximum Gasteiger partial charge on any atom is 0.269 e. The first kappa shape index (κ1) is 32.7. The van der Waals surface area contributed by atoms with Crippen molar-refractivity contribution in [1.29, 1.82) is 0 Å². The molecule has 0 bridgehead atoms. The molecule has 2 aliphatic rings. The number of hydrogen-bond donors (Lipinski definition) is 1. The highest BCUT2D eigenvalue weighted by Gasteiger charge is 2.29. The van der Waals surface area contributed by atoms with Gasteiger partial charge in [-0.2, -0.15) is 0 Å². The third-order valence-corrected chi connectivity index (χ3v) is 11.3. The summed E-state index contributed by atoms with van der Waals surface area (Å²) in [5, 5.41) is 3.78. The highest BCUT2D eigenvalue weighted by molar-refractivity contribution is 7.90. The van der Waals surface area contributed by atoms with E-state index in [0.29, 0.717) is 28.7 Å². The molecule has 252 valence electrons. The summed E-state index contributed by atoms with van der Waals surface area (Å²) in [6, 6.07) is 20.5. The van der Waals surface area contributed by atoms with Crippen molar-refractivity contribution in [2.45, 2.75) is 44.6 Å². The largest absolute Gasteiger partial charge is 0.355 e. The van der Waals surface area contributed by atoms with Crippen LogP contribution in [0.25, 0.3) is 33.3 Å². The van der Waals surface area contributed by atoms with Gasteiger partial charge < -0.3 is 10.2 Å². The van der Waals surface area contributed by atoms with E-state index in [0.717, 1.165) is 61.2 Å². The van der Waals surface area contributed by atoms with Crippen LogP contribution in [0.4, 0.5) is 0 Å². The van der Waals surface area contributed by atoms with Gasteiger partial charge in [0.2, 0.25) is 5.91 Å². The predicted molar refractivity (Wildman–Crippen MR) is 192 cm³/mol. The lowest BCUT2D eigenvalue weighted by atomic mass is 9.90. The highest BCUT2D eigenvalue weighted by atomic mass is 32.2. The second kappa shape index (κ2) is 12.9. The van der Waals surface area contributed by atoms with Gasteiger partial charge in [-0.15, -0.1) is 0 Å². The van der Waals surface area contributed by atoms with E-state index in [4.69, 9.17) is 4.98 Å². The number of carbonyl (C=O) groups excluding carboxylic acids is 2. The van der Waals surface area contributed by atoms with Gasteiger partial charge in [0.25, 0.3) is 15.9 Å². The summed E-state index contributed by atoms with van der Waals surface area (Å²) >= 11 is 0. The van der Waals surface area contributed by atoms with Gasteiger partial charge in [0.15, 0.2) is 5.65 Å². The quantitative estimate of drug-likeness (QED) is 0.212. The molecule has 2 amide bonds. The molecule has 3 heterocycles. The number of carbonyl (C=O) groups is 2. The topological polar surface area (TPSA) is 105 Å². The lowest BCUT2D eigenvalue weighted by Crippen LogP contribution is -2.38. The molecular weight excluding hydrogens is 635 g/mol. The summed E-state index contributed by atoms with van der Waals surface area (Å²) in [6.45, 7) is 7.27. The molecule has 0 spiro atoms. The van der Waals surface area contributed by atoms with Crippen LogP contribution in [0.15, 0.2) is 84.0 Å². The van der Waals surface area contributed by atoms with Gasteiger partial charge in [-0.05, 0) is 97.3 Å². The Kier molecular flexibility index (Phi) is 8.62. The van der Waals surface area contributed by atoms with Crippen LogP contribution in [0.3, 0.4) is 0 Å². The lowest BCUT2D eigenvalue weighted by molar-refractivity contribution is -0.122. The summed E-state index contributed by atoms with van der Waals surface area (Å²) in [4.78, 5) is 33.6. The number of pyridine rings is 1. The average Bonchev–Trinajstić information content (AvgIpc) is 3.88. The minimum Gasteiger partial charge on any atom is -0.355 e. The van der Waals surface area contributed by atoms with Gasteiger partial charge in [-0.1, -0.05) is 35.9 Å². The van der Waals surface area contributed by atoms with Crippen molar-refractivity contribution in [3.05, 3.63) is 107 Å². The first-order chi connectivity index (χ1) is 23.5. The second-order valence-corrected chi connectivity index (χ2v) is 15.4. The summed E-state index contributed by atoms with van der Waals surface area (Å²) in [5.74, 6) is 0.283. The fourth-order valence-electron chi connectivity index (χ4n) is 6.69. The highest BCUT2D eigenvalue weighted by Crippen LogP contribution is 2.36. The van der Waals surface area contributed by atoms with Crippen LogP contribution in [-0.4, -0.2) is 72.7 Å². The fraction of sp³-hybridized carbons (Fsp3) is 0.308. The van der Waals surface area contributed by atoms with Crippen molar-refractivity contribution in [1.82, 2.24) is 24.1 Å². The van der Waals surface area contributed by atoms with E-state index in [9.17, 15) is 18.0 Å². The van der Waals surface area contributed by atoms with Gasteiger partial charge in [0, 0.05) is 80.7 Å². The molecule has 7 rings (SSSR count). The first-order valence-corrected chi connectivity index (χ1v) is 18.2. The molecule has 2 aromatic heterocycles. The monoisotopic (exact) mass is 675 g/mol. The van der Waals surface area contributed by atoms with Gasteiger partial charge in [0.1, 0.15) is 0 Å². The molecule has 10 heteroatoms. The molecule has 0 saturated heterocycles. The molecule has 0 atom stereocenters. The SMILES string of the molecule is Cc1ccc(S(=O)(=O)n2cc(-c3ccc(C(=O)N(C)C)cc3)c3cc(-c4cc(C)c5c(c4)CN(CCNC(=O)C4CC4)CC5)cnc32)cc1. The normalized spacial score (nSPS) is 14.9. The number of amides is 2. The molecule has 0 radical (unpaired) electrons. The van der Waals surface area contributed by atoms with Crippen molar-refractivity contribution < 1.29 is 18.0 Å². The number of nitrogens with one attached hydrogen (secondary N) is 1. The Balaban J connectivity index is 1.27. The Morgan fingerprint density at radius 3 is 2.37 bits per heavy atom. The van der Waals surface area contributed by atoms with E-state index in [1.54, 1.807) is 62.9 Å². The molecule has 9 nitrogen and oxygen atoms in total. The average molecular weight is 676 g/mol. The summed E-state index contributed by atoms with van der Waals surface area (Å²) < 4.78 is 29.3.